The number of hydrogen-bond donors (Lipinski definition) is 1. The van der Waals surface area contributed by atoms with E-state index in [1.165, 1.54) is 25.0 Å². The van der Waals surface area contributed by atoms with Crippen molar-refractivity contribution in [2.75, 3.05) is 37.4 Å². The van der Waals surface area contributed by atoms with Crippen LogP contribution >= 0.6 is 0 Å². The largest absolute Gasteiger partial charge is 0.383 e. The molecular formula is C12H18N4O3. The van der Waals surface area contributed by atoms with Crippen molar-refractivity contribution < 1.29 is 9.66 Å². The Kier molecular flexibility index (Phi) is 4.16. The average molecular weight is 266 g/mol. The Bertz CT molecular complexity index is 462. The number of likely N-dealkylation sites (N-methyl/N-ethyl adjacent to an activating group) is 1. The van der Waals surface area contributed by atoms with Crippen LogP contribution in [0.5, 0.6) is 0 Å². The van der Waals surface area contributed by atoms with Gasteiger partial charge in [0.25, 0.3) is 5.69 Å². The van der Waals surface area contributed by atoms with Crippen LogP contribution in [0.4, 0.5) is 17.3 Å². The van der Waals surface area contributed by atoms with E-state index in [9.17, 15) is 10.1 Å². The van der Waals surface area contributed by atoms with Crippen LogP contribution < -0.4 is 10.6 Å². The maximum absolute atomic E-state index is 10.7. The number of anilines is 2. The SMILES string of the molecule is CN(CCOCC1CC1)c1cc([N+](=O)[O-])cc(N)n1. The van der Waals surface area contributed by atoms with Crippen molar-refractivity contribution in [2.45, 2.75) is 12.8 Å². The van der Waals surface area contributed by atoms with E-state index in [2.05, 4.69) is 4.98 Å². The molecular weight excluding hydrogens is 248 g/mol. The number of nitrogens with two attached hydrogens (primary N) is 1. The van der Waals surface area contributed by atoms with Crippen molar-refractivity contribution >= 4 is 17.3 Å². The molecule has 2 N–H and O–H groups in total. The minimum Gasteiger partial charge on any atom is -0.383 e. The maximum atomic E-state index is 10.7. The highest BCUT2D eigenvalue weighted by Crippen LogP contribution is 2.28. The molecule has 1 aliphatic carbocycles. The van der Waals surface area contributed by atoms with Crippen molar-refractivity contribution in [3.05, 3.63) is 22.2 Å². The molecule has 7 heteroatoms. The van der Waals surface area contributed by atoms with Crippen molar-refractivity contribution in [2.24, 2.45) is 5.92 Å². The molecule has 1 saturated carbocycles. The molecule has 1 fully saturated rings. The highest BCUT2D eigenvalue weighted by molar-refractivity contribution is 5.53. The average Bonchev–Trinajstić information content (AvgIpc) is 3.17. The lowest BCUT2D eigenvalue weighted by atomic mass is 10.3. The highest BCUT2D eigenvalue weighted by Gasteiger charge is 2.21. The number of hydrogen-bond acceptors (Lipinski definition) is 6. The standard InChI is InChI=1S/C12H18N4O3/c1-15(4-5-19-8-9-2-3-9)12-7-10(16(17)18)6-11(13)14-12/h6-7,9H,2-5,8H2,1H3,(H2,13,14). The Morgan fingerprint density at radius 3 is 2.95 bits per heavy atom. The van der Waals surface area contributed by atoms with E-state index < -0.39 is 4.92 Å². The highest BCUT2D eigenvalue weighted by atomic mass is 16.6. The van der Waals surface area contributed by atoms with Crippen molar-refractivity contribution in [3.63, 3.8) is 0 Å². The van der Waals surface area contributed by atoms with Gasteiger partial charge in [-0.1, -0.05) is 0 Å². The van der Waals surface area contributed by atoms with Crippen LogP contribution in [0.1, 0.15) is 12.8 Å². The zero-order valence-corrected chi connectivity index (χ0v) is 10.9. The second kappa shape index (κ2) is 5.83. The molecule has 0 atom stereocenters. The topological polar surface area (TPSA) is 94.5 Å². The van der Waals surface area contributed by atoms with Gasteiger partial charge in [0.2, 0.25) is 0 Å². The lowest BCUT2D eigenvalue weighted by Crippen LogP contribution is -2.24. The summed E-state index contributed by atoms with van der Waals surface area (Å²) in [4.78, 5) is 16.2. The monoisotopic (exact) mass is 266 g/mol. The predicted molar refractivity (Wildman–Crippen MR) is 72.1 cm³/mol. The Morgan fingerprint density at radius 2 is 2.32 bits per heavy atom. The summed E-state index contributed by atoms with van der Waals surface area (Å²) in [6, 6.07) is 2.66. The first-order valence-corrected chi connectivity index (χ1v) is 6.27. The van der Waals surface area contributed by atoms with Gasteiger partial charge >= 0.3 is 0 Å². The van der Waals surface area contributed by atoms with Gasteiger partial charge in [-0.3, -0.25) is 10.1 Å². The predicted octanol–water partition coefficient (Wildman–Crippen LogP) is 1.43. The van der Waals surface area contributed by atoms with Crippen LogP contribution in [0.15, 0.2) is 12.1 Å². The van der Waals surface area contributed by atoms with Gasteiger partial charge in [0.05, 0.1) is 23.7 Å². The zero-order chi connectivity index (χ0) is 13.8. The summed E-state index contributed by atoms with van der Waals surface area (Å²) in [5.41, 5.74) is 5.52. The third-order valence-corrected chi connectivity index (χ3v) is 3.04. The minimum absolute atomic E-state index is 0.0479. The van der Waals surface area contributed by atoms with E-state index in [0.717, 1.165) is 12.5 Å². The Hall–Kier alpha value is -1.89. The number of rotatable bonds is 7. The van der Waals surface area contributed by atoms with Crippen LogP contribution in [0.3, 0.4) is 0 Å². The molecule has 0 aliphatic heterocycles. The summed E-state index contributed by atoms with van der Waals surface area (Å²) < 4.78 is 5.52. The van der Waals surface area contributed by atoms with Crippen molar-refractivity contribution in [1.82, 2.24) is 4.98 Å². The number of nitro groups is 1. The summed E-state index contributed by atoms with van der Waals surface area (Å²) in [5, 5.41) is 10.7. The molecule has 2 rings (SSSR count). The Balaban J connectivity index is 1.89. The van der Waals surface area contributed by atoms with Gasteiger partial charge in [0.15, 0.2) is 0 Å². The molecule has 0 amide bonds. The molecule has 0 saturated heterocycles. The normalized spacial score (nSPS) is 14.4. The van der Waals surface area contributed by atoms with E-state index in [0.29, 0.717) is 19.0 Å². The summed E-state index contributed by atoms with van der Waals surface area (Å²) in [7, 11) is 1.81. The molecule has 1 heterocycles. The van der Waals surface area contributed by atoms with Crippen LogP contribution in [0, 0.1) is 16.0 Å². The van der Waals surface area contributed by atoms with Gasteiger partial charge in [0, 0.05) is 20.2 Å². The summed E-state index contributed by atoms with van der Waals surface area (Å²) in [6.07, 6.45) is 2.53. The van der Waals surface area contributed by atoms with E-state index in [1.54, 1.807) is 4.90 Å². The molecule has 19 heavy (non-hydrogen) atoms. The van der Waals surface area contributed by atoms with Gasteiger partial charge in [-0.15, -0.1) is 0 Å². The van der Waals surface area contributed by atoms with Crippen LogP contribution in [0.2, 0.25) is 0 Å². The van der Waals surface area contributed by atoms with Crippen molar-refractivity contribution in [3.8, 4) is 0 Å². The summed E-state index contributed by atoms with van der Waals surface area (Å²) in [5.74, 6) is 1.37. The van der Waals surface area contributed by atoms with E-state index >= 15 is 0 Å². The number of aromatic nitrogens is 1. The molecule has 104 valence electrons. The second-order valence-electron chi connectivity index (χ2n) is 4.81. The third-order valence-electron chi connectivity index (χ3n) is 3.04. The fourth-order valence-corrected chi connectivity index (χ4v) is 1.67. The Morgan fingerprint density at radius 1 is 1.58 bits per heavy atom. The quantitative estimate of drug-likeness (QED) is 0.456. The van der Waals surface area contributed by atoms with Gasteiger partial charge in [-0.05, 0) is 18.8 Å². The molecule has 0 unspecified atom stereocenters. The molecule has 1 aromatic heterocycles. The number of ether oxygens (including phenoxy) is 1. The van der Waals surface area contributed by atoms with Crippen molar-refractivity contribution in [1.29, 1.82) is 0 Å². The lowest BCUT2D eigenvalue weighted by molar-refractivity contribution is -0.384. The van der Waals surface area contributed by atoms with Gasteiger partial charge in [0.1, 0.15) is 11.6 Å². The van der Waals surface area contributed by atoms with Crippen LogP contribution in [-0.4, -0.2) is 36.7 Å². The third kappa shape index (κ3) is 4.06. The molecule has 1 aromatic rings. The molecule has 1 aliphatic rings. The first kappa shape index (κ1) is 13.5. The van der Waals surface area contributed by atoms with Gasteiger partial charge in [-0.2, -0.15) is 0 Å². The molecule has 0 radical (unpaired) electrons. The van der Waals surface area contributed by atoms with Gasteiger partial charge < -0.3 is 15.4 Å². The summed E-state index contributed by atoms with van der Waals surface area (Å²) in [6.45, 7) is 2.01. The van der Waals surface area contributed by atoms with Crippen LogP contribution in [0.25, 0.3) is 0 Å². The summed E-state index contributed by atoms with van der Waals surface area (Å²) >= 11 is 0. The number of pyridine rings is 1. The smallest absolute Gasteiger partial charge is 0.276 e. The molecule has 0 bridgehead atoms. The first-order chi connectivity index (χ1) is 9.06. The first-order valence-electron chi connectivity index (χ1n) is 6.27. The Labute approximate surface area is 111 Å². The molecule has 0 aromatic carbocycles. The van der Waals surface area contributed by atoms with E-state index in [1.807, 2.05) is 7.05 Å². The number of nitrogen functional groups attached to an aromatic ring is 1. The maximum Gasteiger partial charge on any atom is 0.276 e. The fourth-order valence-electron chi connectivity index (χ4n) is 1.67. The van der Waals surface area contributed by atoms with Crippen LogP contribution in [-0.2, 0) is 4.74 Å². The molecule has 0 spiro atoms. The minimum atomic E-state index is -0.473. The zero-order valence-electron chi connectivity index (χ0n) is 10.9. The fraction of sp³-hybridized carbons (Fsp3) is 0.583. The molecule has 7 nitrogen and oxygen atoms in total. The second-order valence-corrected chi connectivity index (χ2v) is 4.81. The lowest BCUT2D eigenvalue weighted by Gasteiger charge is -2.18. The van der Waals surface area contributed by atoms with Gasteiger partial charge in [-0.25, -0.2) is 4.98 Å². The van der Waals surface area contributed by atoms with E-state index in [-0.39, 0.29) is 11.5 Å². The number of nitrogens with zero attached hydrogens (tertiary/aromatic N) is 3. The van der Waals surface area contributed by atoms with E-state index in [4.69, 9.17) is 10.5 Å².